The normalized spacial score (nSPS) is 10.6. The van der Waals surface area contributed by atoms with Gasteiger partial charge in [-0.05, 0) is 6.26 Å². The van der Waals surface area contributed by atoms with Crippen molar-refractivity contribution in [2.75, 3.05) is 59.5 Å². The van der Waals surface area contributed by atoms with Gasteiger partial charge in [-0.25, -0.2) is 4.99 Å². The molecular weight excluding hydrogens is 379 g/mol. The highest BCUT2D eigenvalue weighted by Crippen LogP contribution is 1.87. The van der Waals surface area contributed by atoms with Gasteiger partial charge in [-0.3, -0.25) is 4.79 Å². The topological polar surface area (TPSA) is 66.0 Å². The fraction of sp³-hybridized carbons (Fsp3) is 0.818. The largest absolute Gasteiger partial charge is 0.383 e. The Morgan fingerprint density at radius 2 is 1.95 bits per heavy atom. The number of guanidine groups is 1. The average Bonchev–Trinajstić information content (AvgIpc) is 2.35. The first-order valence-electron chi connectivity index (χ1n) is 5.82. The van der Waals surface area contributed by atoms with Crippen LogP contribution in [-0.4, -0.2) is 76.2 Å². The first-order chi connectivity index (χ1) is 8.61. The van der Waals surface area contributed by atoms with Crippen molar-refractivity contribution in [2.45, 2.75) is 0 Å². The number of halogens is 1. The maximum Gasteiger partial charge on any atom is 0.243 e. The van der Waals surface area contributed by atoms with Gasteiger partial charge in [0.1, 0.15) is 6.54 Å². The minimum atomic E-state index is -0.0206. The fourth-order valence-corrected chi connectivity index (χ4v) is 1.31. The molecule has 0 bridgehead atoms. The summed E-state index contributed by atoms with van der Waals surface area (Å²) >= 11 is 1.76. The maximum absolute atomic E-state index is 11.4. The molecule has 19 heavy (non-hydrogen) atoms. The van der Waals surface area contributed by atoms with Crippen LogP contribution in [0, 0.1) is 0 Å². The monoisotopic (exact) mass is 404 g/mol. The first kappa shape index (κ1) is 21.1. The molecule has 0 aromatic rings. The zero-order valence-corrected chi connectivity index (χ0v) is 15.2. The lowest BCUT2D eigenvalue weighted by atomic mass is 10.5. The molecule has 0 aromatic heterocycles. The number of thioether (sulfide) groups is 1. The number of hydrogen-bond donors (Lipinski definition) is 2. The minimum absolute atomic E-state index is 0. The number of nitrogens with one attached hydrogen (secondary N) is 2. The third-order valence-corrected chi connectivity index (χ3v) is 2.68. The van der Waals surface area contributed by atoms with E-state index in [1.165, 1.54) is 4.90 Å². The zero-order chi connectivity index (χ0) is 13.8. The van der Waals surface area contributed by atoms with Crippen molar-refractivity contribution in [3.05, 3.63) is 0 Å². The summed E-state index contributed by atoms with van der Waals surface area (Å²) in [7, 11) is 5.09. The molecule has 0 unspecified atom stereocenters. The molecule has 0 aliphatic rings. The van der Waals surface area contributed by atoms with Crippen LogP contribution in [0.2, 0.25) is 0 Å². The van der Waals surface area contributed by atoms with Crippen molar-refractivity contribution in [2.24, 2.45) is 4.99 Å². The van der Waals surface area contributed by atoms with Crippen molar-refractivity contribution >= 4 is 47.6 Å². The molecule has 0 aliphatic heterocycles. The van der Waals surface area contributed by atoms with E-state index in [-0.39, 0.29) is 36.4 Å². The van der Waals surface area contributed by atoms with Gasteiger partial charge in [0.2, 0.25) is 5.91 Å². The van der Waals surface area contributed by atoms with E-state index >= 15 is 0 Å². The molecule has 0 rings (SSSR count). The molecule has 8 heteroatoms. The summed E-state index contributed by atoms with van der Waals surface area (Å²) in [6, 6.07) is 0. The number of ether oxygens (including phenoxy) is 1. The van der Waals surface area contributed by atoms with Crippen molar-refractivity contribution in [1.29, 1.82) is 0 Å². The van der Waals surface area contributed by atoms with Crippen molar-refractivity contribution in [3.8, 4) is 0 Å². The van der Waals surface area contributed by atoms with Gasteiger partial charge in [-0.2, -0.15) is 11.8 Å². The van der Waals surface area contributed by atoms with Gasteiger partial charge in [-0.1, -0.05) is 0 Å². The van der Waals surface area contributed by atoms with Crippen LogP contribution in [0.4, 0.5) is 0 Å². The SMILES string of the molecule is COCCNC(=NCC(=O)N(C)C)NCCSC.I. The minimum Gasteiger partial charge on any atom is -0.383 e. The van der Waals surface area contributed by atoms with Gasteiger partial charge in [0, 0.05) is 40.0 Å². The predicted molar refractivity (Wildman–Crippen MR) is 92.7 cm³/mol. The van der Waals surface area contributed by atoms with Crippen LogP contribution in [0.5, 0.6) is 0 Å². The molecular formula is C11H25IN4O2S. The number of hydrogen-bond acceptors (Lipinski definition) is 4. The molecule has 0 spiro atoms. The van der Waals surface area contributed by atoms with Gasteiger partial charge in [0.15, 0.2) is 5.96 Å². The number of rotatable bonds is 8. The summed E-state index contributed by atoms with van der Waals surface area (Å²) in [6.07, 6.45) is 2.05. The lowest BCUT2D eigenvalue weighted by Gasteiger charge is -2.13. The third kappa shape index (κ3) is 12.6. The van der Waals surface area contributed by atoms with E-state index in [2.05, 4.69) is 15.6 Å². The van der Waals surface area contributed by atoms with E-state index in [1.54, 1.807) is 33.0 Å². The number of methoxy groups -OCH3 is 1. The Labute approximate surface area is 137 Å². The molecule has 0 saturated carbocycles. The smallest absolute Gasteiger partial charge is 0.243 e. The molecule has 0 heterocycles. The molecule has 6 nitrogen and oxygen atoms in total. The van der Waals surface area contributed by atoms with Gasteiger partial charge in [0.25, 0.3) is 0 Å². The van der Waals surface area contributed by atoms with E-state index < -0.39 is 0 Å². The number of likely N-dealkylation sites (N-methyl/N-ethyl adjacent to an activating group) is 1. The quantitative estimate of drug-likeness (QED) is 0.263. The Morgan fingerprint density at radius 3 is 2.47 bits per heavy atom. The predicted octanol–water partition coefficient (Wildman–Crippen LogP) is 0.237. The number of carbonyl (C=O) groups is 1. The summed E-state index contributed by atoms with van der Waals surface area (Å²) in [5.41, 5.74) is 0. The second kappa shape index (κ2) is 14.2. The lowest BCUT2D eigenvalue weighted by molar-refractivity contribution is -0.127. The van der Waals surface area contributed by atoms with Gasteiger partial charge >= 0.3 is 0 Å². The Balaban J connectivity index is 0. The summed E-state index contributed by atoms with van der Waals surface area (Å²) in [4.78, 5) is 17.2. The van der Waals surface area contributed by atoms with Crippen molar-refractivity contribution in [3.63, 3.8) is 0 Å². The average molecular weight is 404 g/mol. The number of nitrogens with zero attached hydrogens (tertiary/aromatic N) is 2. The lowest BCUT2D eigenvalue weighted by Crippen LogP contribution is -2.40. The molecule has 114 valence electrons. The van der Waals surface area contributed by atoms with Crippen molar-refractivity contribution in [1.82, 2.24) is 15.5 Å². The highest BCUT2D eigenvalue weighted by atomic mass is 127. The summed E-state index contributed by atoms with van der Waals surface area (Å²) < 4.78 is 4.96. The van der Waals surface area contributed by atoms with E-state index in [1.807, 2.05) is 6.26 Å². The fourth-order valence-electron chi connectivity index (χ4n) is 1.01. The number of aliphatic imine (C=N–C) groups is 1. The van der Waals surface area contributed by atoms with Crippen LogP contribution in [0.15, 0.2) is 4.99 Å². The molecule has 1 amide bonds. The standard InChI is InChI=1S/C11H24N4O2S.HI/c1-15(2)10(16)9-14-11(12-5-7-17-3)13-6-8-18-4;/h5-9H2,1-4H3,(H2,12,13,14);1H. The highest BCUT2D eigenvalue weighted by molar-refractivity contribution is 14.0. The summed E-state index contributed by atoms with van der Waals surface area (Å²) in [6.45, 7) is 2.23. The number of amides is 1. The molecule has 0 aromatic carbocycles. The van der Waals surface area contributed by atoms with Crippen LogP contribution in [-0.2, 0) is 9.53 Å². The molecule has 0 fully saturated rings. The van der Waals surface area contributed by atoms with Crippen LogP contribution in [0.3, 0.4) is 0 Å². The zero-order valence-electron chi connectivity index (χ0n) is 12.1. The van der Waals surface area contributed by atoms with Gasteiger partial charge in [-0.15, -0.1) is 24.0 Å². The number of carbonyl (C=O) groups excluding carboxylic acids is 1. The molecule has 0 aliphatic carbocycles. The molecule has 0 atom stereocenters. The van der Waals surface area contributed by atoms with E-state index in [4.69, 9.17) is 4.74 Å². The second-order valence-corrected chi connectivity index (χ2v) is 4.78. The van der Waals surface area contributed by atoms with Crippen LogP contribution < -0.4 is 10.6 Å². The van der Waals surface area contributed by atoms with Gasteiger partial charge in [0.05, 0.1) is 6.61 Å². The van der Waals surface area contributed by atoms with E-state index in [0.717, 1.165) is 12.3 Å². The Bertz CT molecular complexity index is 253. The van der Waals surface area contributed by atoms with Gasteiger partial charge < -0.3 is 20.3 Å². The Kier molecular flexibility index (Phi) is 15.8. The maximum atomic E-state index is 11.4. The van der Waals surface area contributed by atoms with E-state index in [0.29, 0.717) is 19.1 Å². The molecule has 2 N–H and O–H groups in total. The van der Waals surface area contributed by atoms with Crippen LogP contribution >= 0.6 is 35.7 Å². The van der Waals surface area contributed by atoms with Crippen LogP contribution in [0.25, 0.3) is 0 Å². The van der Waals surface area contributed by atoms with Crippen LogP contribution in [0.1, 0.15) is 0 Å². The molecule has 0 radical (unpaired) electrons. The van der Waals surface area contributed by atoms with Crippen molar-refractivity contribution < 1.29 is 9.53 Å². The molecule has 0 saturated heterocycles. The van der Waals surface area contributed by atoms with E-state index in [9.17, 15) is 4.79 Å². The summed E-state index contributed by atoms with van der Waals surface area (Å²) in [5.74, 6) is 1.62. The third-order valence-electron chi connectivity index (χ3n) is 2.07. The Hall–Kier alpha value is -0.220. The first-order valence-corrected chi connectivity index (χ1v) is 7.21. The second-order valence-electron chi connectivity index (χ2n) is 3.79. The highest BCUT2D eigenvalue weighted by Gasteiger charge is 2.03. The summed E-state index contributed by atoms with van der Waals surface area (Å²) in [5, 5.41) is 6.27. The Morgan fingerprint density at radius 1 is 1.32 bits per heavy atom.